The SMILES string of the molecule is N[C@@H](CNC(=O)CCC(=O)NS(=O)(=O)c1ccccc1)C(=O)O. The first-order chi connectivity index (χ1) is 10.7. The Morgan fingerprint density at radius 1 is 1.09 bits per heavy atom. The van der Waals surface area contributed by atoms with Gasteiger partial charge in [0.1, 0.15) is 6.04 Å². The van der Waals surface area contributed by atoms with E-state index < -0.39 is 33.8 Å². The summed E-state index contributed by atoms with van der Waals surface area (Å²) in [5, 5.41) is 10.8. The van der Waals surface area contributed by atoms with Crippen molar-refractivity contribution in [2.75, 3.05) is 6.54 Å². The Balaban J connectivity index is 2.43. The zero-order valence-corrected chi connectivity index (χ0v) is 12.9. The molecule has 0 saturated carbocycles. The monoisotopic (exact) mass is 343 g/mol. The van der Waals surface area contributed by atoms with Gasteiger partial charge >= 0.3 is 5.97 Å². The number of carbonyl (C=O) groups is 3. The number of carboxylic acids is 1. The Labute approximate surface area is 132 Å². The van der Waals surface area contributed by atoms with Crippen LogP contribution in [-0.4, -0.2) is 43.9 Å². The summed E-state index contributed by atoms with van der Waals surface area (Å²) in [6, 6.07) is 6.07. The molecule has 0 aliphatic heterocycles. The molecular formula is C13H17N3O6S. The second-order valence-electron chi connectivity index (χ2n) is 4.59. The molecule has 1 rings (SSSR count). The lowest BCUT2D eigenvalue weighted by molar-refractivity contribution is -0.138. The van der Waals surface area contributed by atoms with E-state index in [1.165, 1.54) is 24.3 Å². The lowest BCUT2D eigenvalue weighted by atomic mass is 10.2. The molecule has 0 aliphatic carbocycles. The van der Waals surface area contributed by atoms with Gasteiger partial charge in [-0.3, -0.25) is 14.4 Å². The number of carbonyl (C=O) groups excluding carboxylic acids is 2. The molecule has 1 aromatic rings. The zero-order valence-electron chi connectivity index (χ0n) is 12.1. The number of hydrogen-bond donors (Lipinski definition) is 4. The largest absolute Gasteiger partial charge is 0.480 e. The van der Waals surface area contributed by atoms with Crippen LogP contribution in [0, 0.1) is 0 Å². The summed E-state index contributed by atoms with van der Waals surface area (Å²) in [6.45, 7) is -0.280. The lowest BCUT2D eigenvalue weighted by Crippen LogP contribution is -2.42. The van der Waals surface area contributed by atoms with E-state index in [4.69, 9.17) is 10.8 Å². The number of hydrogen-bond acceptors (Lipinski definition) is 6. The van der Waals surface area contributed by atoms with Crippen molar-refractivity contribution in [3.8, 4) is 0 Å². The van der Waals surface area contributed by atoms with Gasteiger partial charge in [-0.05, 0) is 12.1 Å². The van der Waals surface area contributed by atoms with Crippen LogP contribution in [0.15, 0.2) is 35.2 Å². The molecule has 0 heterocycles. The highest BCUT2D eigenvalue weighted by atomic mass is 32.2. The first kappa shape index (κ1) is 18.6. The predicted molar refractivity (Wildman–Crippen MR) is 79.6 cm³/mol. The van der Waals surface area contributed by atoms with Gasteiger partial charge in [-0.1, -0.05) is 18.2 Å². The van der Waals surface area contributed by atoms with Gasteiger partial charge in [-0.15, -0.1) is 0 Å². The standard InChI is InChI=1S/C13H17N3O6S/c14-10(13(19)20)8-15-11(17)6-7-12(18)16-23(21,22)9-4-2-1-3-5-9/h1-5,10H,6-8,14H2,(H,15,17)(H,16,18)(H,19,20)/t10-/m0/s1. The summed E-state index contributed by atoms with van der Waals surface area (Å²) < 4.78 is 25.6. The van der Waals surface area contributed by atoms with E-state index in [2.05, 4.69) is 5.32 Å². The van der Waals surface area contributed by atoms with Gasteiger partial charge in [0, 0.05) is 19.4 Å². The molecule has 5 N–H and O–H groups in total. The second-order valence-corrected chi connectivity index (χ2v) is 6.27. The third-order valence-electron chi connectivity index (χ3n) is 2.72. The van der Waals surface area contributed by atoms with E-state index >= 15 is 0 Å². The maximum atomic E-state index is 11.9. The number of rotatable bonds is 8. The molecule has 0 fully saturated rings. The maximum Gasteiger partial charge on any atom is 0.322 e. The Bertz CT molecular complexity index is 674. The van der Waals surface area contributed by atoms with E-state index in [1.807, 2.05) is 4.72 Å². The van der Waals surface area contributed by atoms with Gasteiger partial charge in [0.2, 0.25) is 11.8 Å². The second kappa shape index (κ2) is 8.25. The Kier molecular flexibility index (Phi) is 6.66. The van der Waals surface area contributed by atoms with Crippen molar-refractivity contribution in [1.29, 1.82) is 0 Å². The van der Waals surface area contributed by atoms with Crippen LogP contribution in [0.4, 0.5) is 0 Å². The molecule has 9 nitrogen and oxygen atoms in total. The summed E-state index contributed by atoms with van der Waals surface area (Å²) >= 11 is 0. The third kappa shape index (κ3) is 6.45. The molecule has 10 heteroatoms. The molecule has 0 radical (unpaired) electrons. The summed E-state index contributed by atoms with van der Waals surface area (Å²) in [4.78, 5) is 33.4. The molecule has 126 valence electrons. The topological polar surface area (TPSA) is 156 Å². The summed E-state index contributed by atoms with van der Waals surface area (Å²) in [5.41, 5.74) is 5.20. The molecule has 23 heavy (non-hydrogen) atoms. The highest BCUT2D eigenvalue weighted by Crippen LogP contribution is 2.07. The molecule has 0 aliphatic rings. The number of sulfonamides is 1. The van der Waals surface area contributed by atoms with Crippen LogP contribution in [0.25, 0.3) is 0 Å². The average molecular weight is 343 g/mol. The van der Waals surface area contributed by atoms with Crippen molar-refractivity contribution < 1.29 is 27.9 Å². The molecule has 0 spiro atoms. The van der Waals surface area contributed by atoms with Crippen molar-refractivity contribution in [2.45, 2.75) is 23.8 Å². The molecule has 0 aromatic heterocycles. The first-order valence-electron chi connectivity index (χ1n) is 6.58. The van der Waals surface area contributed by atoms with Crippen LogP contribution in [0.5, 0.6) is 0 Å². The van der Waals surface area contributed by atoms with E-state index in [9.17, 15) is 22.8 Å². The van der Waals surface area contributed by atoms with Crippen molar-refractivity contribution >= 4 is 27.8 Å². The predicted octanol–water partition coefficient (Wildman–Crippen LogP) is -1.20. The molecule has 2 amide bonds. The molecule has 0 saturated heterocycles. The van der Waals surface area contributed by atoms with Crippen LogP contribution in [-0.2, 0) is 24.4 Å². The van der Waals surface area contributed by atoms with E-state index in [1.54, 1.807) is 6.07 Å². The van der Waals surface area contributed by atoms with E-state index in [0.29, 0.717) is 0 Å². The third-order valence-corrected chi connectivity index (χ3v) is 4.11. The van der Waals surface area contributed by atoms with Crippen LogP contribution >= 0.6 is 0 Å². The number of nitrogens with two attached hydrogens (primary N) is 1. The van der Waals surface area contributed by atoms with Crippen molar-refractivity contribution in [3.05, 3.63) is 30.3 Å². The Hall–Kier alpha value is -2.46. The zero-order chi connectivity index (χ0) is 17.5. The number of benzene rings is 1. The van der Waals surface area contributed by atoms with Crippen molar-refractivity contribution in [2.24, 2.45) is 5.73 Å². The summed E-state index contributed by atoms with van der Waals surface area (Å²) in [5.74, 6) is -2.71. The Morgan fingerprint density at radius 2 is 1.65 bits per heavy atom. The number of aliphatic carboxylic acids is 1. The minimum Gasteiger partial charge on any atom is -0.480 e. The van der Waals surface area contributed by atoms with Gasteiger partial charge < -0.3 is 16.2 Å². The normalized spacial score (nSPS) is 12.2. The van der Waals surface area contributed by atoms with Gasteiger partial charge in [0.05, 0.1) is 4.90 Å². The fourth-order valence-electron chi connectivity index (χ4n) is 1.49. The molecular weight excluding hydrogens is 326 g/mol. The number of amides is 2. The van der Waals surface area contributed by atoms with E-state index in [-0.39, 0.29) is 24.3 Å². The van der Waals surface area contributed by atoms with Crippen LogP contribution < -0.4 is 15.8 Å². The fraction of sp³-hybridized carbons (Fsp3) is 0.308. The highest BCUT2D eigenvalue weighted by molar-refractivity contribution is 7.90. The summed E-state index contributed by atoms with van der Waals surface area (Å²) in [6.07, 6.45) is -0.650. The Morgan fingerprint density at radius 3 is 2.22 bits per heavy atom. The van der Waals surface area contributed by atoms with Crippen LogP contribution in [0.1, 0.15) is 12.8 Å². The van der Waals surface area contributed by atoms with Crippen LogP contribution in [0.3, 0.4) is 0 Å². The molecule has 0 bridgehead atoms. The van der Waals surface area contributed by atoms with Crippen LogP contribution in [0.2, 0.25) is 0 Å². The molecule has 1 atom stereocenters. The molecule has 0 unspecified atom stereocenters. The minimum absolute atomic E-state index is 0.0646. The van der Waals surface area contributed by atoms with Crippen molar-refractivity contribution in [3.63, 3.8) is 0 Å². The number of nitrogens with one attached hydrogen (secondary N) is 2. The highest BCUT2D eigenvalue weighted by Gasteiger charge is 2.18. The van der Waals surface area contributed by atoms with Gasteiger partial charge in [0.15, 0.2) is 0 Å². The minimum atomic E-state index is -3.97. The number of carboxylic acid groups (broad SMARTS) is 1. The van der Waals surface area contributed by atoms with Crippen molar-refractivity contribution in [1.82, 2.24) is 10.0 Å². The molecule has 1 aromatic carbocycles. The van der Waals surface area contributed by atoms with E-state index in [0.717, 1.165) is 0 Å². The fourth-order valence-corrected chi connectivity index (χ4v) is 2.52. The smallest absolute Gasteiger partial charge is 0.322 e. The average Bonchev–Trinajstić information content (AvgIpc) is 2.50. The summed E-state index contributed by atoms with van der Waals surface area (Å²) in [7, 11) is -3.97. The van der Waals surface area contributed by atoms with Gasteiger partial charge in [-0.25, -0.2) is 13.1 Å². The maximum absolute atomic E-state index is 11.9. The van der Waals surface area contributed by atoms with Gasteiger partial charge in [-0.2, -0.15) is 0 Å². The first-order valence-corrected chi connectivity index (χ1v) is 8.06. The quantitative estimate of drug-likeness (QED) is 0.462. The van der Waals surface area contributed by atoms with Gasteiger partial charge in [0.25, 0.3) is 10.0 Å². The lowest BCUT2D eigenvalue weighted by Gasteiger charge is -2.09.